The second-order valence-electron chi connectivity index (χ2n) is 6.38. The fourth-order valence-electron chi connectivity index (χ4n) is 2.98. The lowest BCUT2D eigenvalue weighted by Crippen LogP contribution is -2.14. The summed E-state index contributed by atoms with van der Waals surface area (Å²) in [5.41, 5.74) is 2.49. The summed E-state index contributed by atoms with van der Waals surface area (Å²) in [6.07, 6.45) is 0.188. The van der Waals surface area contributed by atoms with Crippen LogP contribution in [-0.4, -0.2) is 29.1 Å². The smallest absolute Gasteiger partial charge is 0.232 e. The van der Waals surface area contributed by atoms with Crippen LogP contribution < -0.4 is 14.8 Å². The van der Waals surface area contributed by atoms with Gasteiger partial charge in [-0.1, -0.05) is 23.5 Å². The third-order valence-electron chi connectivity index (χ3n) is 4.23. The molecule has 1 amide bonds. The molecule has 0 aliphatic carbocycles. The van der Waals surface area contributed by atoms with Gasteiger partial charge in [0.05, 0.1) is 41.1 Å². The molecule has 0 radical (unpaired) electrons. The van der Waals surface area contributed by atoms with Gasteiger partial charge >= 0.3 is 0 Å². The van der Waals surface area contributed by atoms with Crippen LogP contribution in [0.25, 0.3) is 20.8 Å². The van der Waals surface area contributed by atoms with Gasteiger partial charge in [-0.3, -0.25) is 4.79 Å². The summed E-state index contributed by atoms with van der Waals surface area (Å²) in [5.74, 6) is 1.45. The number of carbonyl (C=O) groups is 1. The molecule has 0 spiro atoms. The van der Waals surface area contributed by atoms with Gasteiger partial charge in [-0.05, 0) is 44.2 Å². The molecule has 1 N–H and O–H groups in total. The molecule has 0 aliphatic rings. The minimum absolute atomic E-state index is 0.144. The topological polar surface area (TPSA) is 73.3 Å². The van der Waals surface area contributed by atoms with E-state index in [1.54, 1.807) is 0 Å². The van der Waals surface area contributed by atoms with Crippen molar-refractivity contribution in [1.82, 2.24) is 9.97 Å². The van der Waals surface area contributed by atoms with Gasteiger partial charge in [0.25, 0.3) is 0 Å². The number of carbonyl (C=O) groups excluding carboxylic acids is 1. The van der Waals surface area contributed by atoms with Crippen molar-refractivity contribution in [2.75, 3.05) is 18.5 Å². The molecule has 30 heavy (non-hydrogen) atoms. The Kier molecular flexibility index (Phi) is 6.25. The fraction of sp³-hybridized carbons (Fsp3) is 0.227. The molecule has 0 saturated carbocycles. The van der Waals surface area contributed by atoms with E-state index in [0.29, 0.717) is 18.3 Å². The molecule has 0 fully saturated rings. The molecule has 4 aromatic rings. The van der Waals surface area contributed by atoms with Crippen LogP contribution in [-0.2, 0) is 11.2 Å². The zero-order valence-electron chi connectivity index (χ0n) is 16.7. The van der Waals surface area contributed by atoms with Gasteiger partial charge in [0.1, 0.15) is 16.5 Å². The molecule has 0 aliphatic heterocycles. The summed E-state index contributed by atoms with van der Waals surface area (Å²) in [7, 11) is 0. The molecule has 4 rings (SSSR count). The van der Waals surface area contributed by atoms with Gasteiger partial charge in [-0.2, -0.15) is 0 Å². The Morgan fingerprint density at radius 3 is 2.73 bits per heavy atom. The number of ether oxygens (including phenoxy) is 2. The van der Waals surface area contributed by atoms with Crippen molar-refractivity contribution in [2.24, 2.45) is 0 Å². The van der Waals surface area contributed by atoms with Crippen LogP contribution in [0.15, 0.2) is 47.8 Å². The first-order valence-electron chi connectivity index (χ1n) is 9.66. The second-order valence-corrected chi connectivity index (χ2v) is 8.27. The lowest BCUT2D eigenvalue weighted by atomic mass is 10.2. The summed E-state index contributed by atoms with van der Waals surface area (Å²) >= 11 is 2.93. The number of nitrogens with one attached hydrogen (secondary N) is 1. The fourth-order valence-corrected chi connectivity index (χ4v) is 4.74. The molecule has 8 heteroatoms. The third kappa shape index (κ3) is 4.60. The molecule has 2 aromatic heterocycles. The number of thiazole rings is 2. The first-order chi connectivity index (χ1) is 14.7. The summed E-state index contributed by atoms with van der Waals surface area (Å²) in [6.45, 7) is 5.10. The SMILES string of the molecule is CCOc1ccc2nc(NC(=O)Cc3csc(-c4ccccc4OCC)n3)sc2c1. The lowest BCUT2D eigenvalue weighted by molar-refractivity contribution is -0.115. The van der Waals surface area contributed by atoms with Crippen molar-refractivity contribution >= 4 is 43.9 Å². The summed E-state index contributed by atoms with van der Waals surface area (Å²) in [6, 6.07) is 13.5. The van der Waals surface area contributed by atoms with E-state index in [9.17, 15) is 4.79 Å². The maximum atomic E-state index is 12.5. The van der Waals surface area contributed by atoms with Crippen molar-refractivity contribution in [2.45, 2.75) is 20.3 Å². The predicted octanol–water partition coefficient (Wildman–Crippen LogP) is 5.40. The zero-order chi connectivity index (χ0) is 20.9. The van der Waals surface area contributed by atoms with E-state index >= 15 is 0 Å². The summed E-state index contributed by atoms with van der Waals surface area (Å²) in [5, 5.41) is 6.20. The third-order valence-corrected chi connectivity index (χ3v) is 6.09. The Morgan fingerprint density at radius 2 is 1.90 bits per heavy atom. The average molecular weight is 440 g/mol. The maximum absolute atomic E-state index is 12.5. The minimum Gasteiger partial charge on any atom is -0.494 e. The molecular weight excluding hydrogens is 418 g/mol. The van der Waals surface area contributed by atoms with Crippen molar-refractivity contribution < 1.29 is 14.3 Å². The average Bonchev–Trinajstić information content (AvgIpc) is 3.35. The highest BCUT2D eigenvalue weighted by molar-refractivity contribution is 7.22. The van der Waals surface area contributed by atoms with Gasteiger partial charge in [-0.15, -0.1) is 11.3 Å². The van der Waals surface area contributed by atoms with E-state index in [2.05, 4.69) is 15.3 Å². The van der Waals surface area contributed by atoms with Crippen molar-refractivity contribution in [3.8, 4) is 22.1 Å². The van der Waals surface area contributed by atoms with Crippen LogP contribution in [0.5, 0.6) is 11.5 Å². The van der Waals surface area contributed by atoms with E-state index in [1.807, 2.05) is 61.7 Å². The molecular formula is C22H21N3O3S2. The van der Waals surface area contributed by atoms with Crippen molar-refractivity contribution in [3.05, 3.63) is 53.5 Å². The molecule has 2 aromatic carbocycles. The number of rotatable bonds is 8. The molecule has 154 valence electrons. The number of fused-ring (bicyclic) bond motifs is 1. The molecule has 0 saturated heterocycles. The molecule has 6 nitrogen and oxygen atoms in total. The van der Waals surface area contributed by atoms with Gasteiger partial charge in [0.15, 0.2) is 5.13 Å². The molecule has 2 heterocycles. The summed E-state index contributed by atoms with van der Waals surface area (Å²) in [4.78, 5) is 21.6. The Hall–Kier alpha value is -2.97. The highest BCUT2D eigenvalue weighted by atomic mass is 32.1. The quantitative estimate of drug-likeness (QED) is 0.398. The minimum atomic E-state index is -0.144. The number of amides is 1. The zero-order valence-corrected chi connectivity index (χ0v) is 18.3. The first kappa shape index (κ1) is 20.3. The lowest BCUT2D eigenvalue weighted by Gasteiger charge is -2.07. The van der Waals surface area contributed by atoms with E-state index in [-0.39, 0.29) is 12.3 Å². The van der Waals surface area contributed by atoms with Crippen LogP contribution in [0.1, 0.15) is 19.5 Å². The van der Waals surface area contributed by atoms with Gasteiger partial charge in [0, 0.05) is 5.38 Å². The van der Waals surface area contributed by atoms with Crippen LogP contribution >= 0.6 is 22.7 Å². The van der Waals surface area contributed by atoms with Crippen molar-refractivity contribution in [1.29, 1.82) is 0 Å². The number of aromatic nitrogens is 2. The number of nitrogens with zero attached hydrogens (tertiary/aromatic N) is 2. The largest absolute Gasteiger partial charge is 0.494 e. The normalized spacial score (nSPS) is 10.9. The van der Waals surface area contributed by atoms with E-state index in [0.717, 1.165) is 38.0 Å². The van der Waals surface area contributed by atoms with E-state index < -0.39 is 0 Å². The number of anilines is 1. The Bertz CT molecular complexity index is 1170. The van der Waals surface area contributed by atoms with Crippen LogP contribution in [0.4, 0.5) is 5.13 Å². The van der Waals surface area contributed by atoms with Gasteiger partial charge in [-0.25, -0.2) is 9.97 Å². The van der Waals surface area contributed by atoms with Gasteiger partial charge < -0.3 is 14.8 Å². The van der Waals surface area contributed by atoms with E-state index in [1.165, 1.54) is 22.7 Å². The number of hydrogen-bond donors (Lipinski definition) is 1. The molecule has 0 unspecified atom stereocenters. The Balaban J connectivity index is 1.44. The standard InChI is InChI=1S/C22H21N3O3S2/c1-3-27-15-9-10-17-19(12-15)30-22(24-17)25-20(26)11-14-13-29-21(23-14)16-7-5-6-8-18(16)28-4-2/h5-10,12-13H,3-4,11H2,1-2H3,(H,24,25,26). The van der Waals surface area contributed by atoms with Crippen LogP contribution in [0.2, 0.25) is 0 Å². The highest BCUT2D eigenvalue weighted by Gasteiger charge is 2.14. The number of hydrogen-bond acceptors (Lipinski definition) is 7. The Morgan fingerprint density at radius 1 is 1.07 bits per heavy atom. The van der Waals surface area contributed by atoms with Gasteiger partial charge in [0.2, 0.25) is 5.91 Å². The highest BCUT2D eigenvalue weighted by Crippen LogP contribution is 2.33. The second kappa shape index (κ2) is 9.23. The maximum Gasteiger partial charge on any atom is 0.232 e. The Labute approximate surface area is 182 Å². The van der Waals surface area contributed by atoms with E-state index in [4.69, 9.17) is 9.47 Å². The number of benzene rings is 2. The van der Waals surface area contributed by atoms with Crippen LogP contribution in [0.3, 0.4) is 0 Å². The monoisotopic (exact) mass is 439 g/mol. The van der Waals surface area contributed by atoms with Crippen molar-refractivity contribution in [3.63, 3.8) is 0 Å². The molecule has 0 atom stereocenters. The first-order valence-corrected chi connectivity index (χ1v) is 11.4. The van der Waals surface area contributed by atoms with Crippen LogP contribution in [0, 0.1) is 0 Å². The predicted molar refractivity (Wildman–Crippen MR) is 122 cm³/mol. The molecule has 0 bridgehead atoms. The summed E-state index contributed by atoms with van der Waals surface area (Å²) < 4.78 is 12.2. The number of para-hydroxylation sites is 1.